The monoisotopic (exact) mass is 248 g/mol. The van der Waals surface area contributed by atoms with Gasteiger partial charge in [0.15, 0.2) is 0 Å². The van der Waals surface area contributed by atoms with Gasteiger partial charge >= 0.3 is 0 Å². The third kappa shape index (κ3) is 4.62. The fourth-order valence-corrected chi connectivity index (χ4v) is 1.32. The molecule has 3 N–H and O–H groups in total. The van der Waals surface area contributed by atoms with Crippen LogP contribution in [0.4, 0.5) is 0 Å². The van der Waals surface area contributed by atoms with Crippen LogP contribution in [0.25, 0.3) is 0 Å². The van der Waals surface area contributed by atoms with Gasteiger partial charge in [-0.2, -0.15) is 12.6 Å². The van der Waals surface area contributed by atoms with Crippen LogP contribution < -0.4 is 11.1 Å². The van der Waals surface area contributed by atoms with Crippen molar-refractivity contribution in [3.63, 3.8) is 0 Å². The number of amides is 2. The molecule has 0 saturated carbocycles. The molecule has 0 radical (unpaired) electrons. The smallest absolute Gasteiger partial charge is 0.296 e. The second-order valence-corrected chi connectivity index (χ2v) is 3.59. The Balaban J connectivity index is 2.62. The lowest BCUT2D eigenvalue weighted by Crippen LogP contribution is -2.45. The highest BCUT2D eigenvalue weighted by atomic mass is 32.1. The molecule has 0 aliphatic rings. The van der Waals surface area contributed by atoms with Gasteiger partial charge in [0, 0.05) is 17.2 Å². The summed E-state index contributed by atoms with van der Waals surface area (Å²) < 4.78 is 0. The summed E-state index contributed by atoms with van der Waals surface area (Å²) in [7, 11) is 0. The Hall–Kier alpha value is -1.93. The fourth-order valence-electron chi connectivity index (χ4n) is 1.05. The minimum atomic E-state index is -0.795. The molecule has 0 bridgehead atoms. The zero-order valence-corrected chi connectivity index (χ0v) is 9.91. The summed E-state index contributed by atoms with van der Waals surface area (Å²) in [4.78, 5) is 22.2. The van der Waals surface area contributed by atoms with E-state index < -0.39 is 17.9 Å². The number of hydrogen-bond donors (Lipinski definition) is 3. The van der Waals surface area contributed by atoms with Crippen molar-refractivity contribution in [2.24, 2.45) is 5.73 Å². The first-order chi connectivity index (χ1) is 8.13. The van der Waals surface area contributed by atoms with Crippen LogP contribution >= 0.6 is 12.6 Å². The second-order valence-electron chi connectivity index (χ2n) is 3.23. The molecule has 0 aromatic heterocycles. The third-order valence-electron chi connectivity index (χ3n) is 1.93. The van der Waals surface area contributed by atoms with Gasteiger partial charge in [-0.25, -0.2) is 0 Å². The zero-order chi connectivity index (χ0) is 12.7. The van der Waals surface area contributed by atoms with E-state index in [2.05, 4.69) is 29.8 Å². The normalized spacial score (nSPS) is 10.9. The molecule has 1 rings (SSSR count). The summed E-state index contributed by atoms with van der Waals surface area (Å²) in [5.41, 5.74) is 5.78. The molecule has 0 fully saturated rings. The van der Waals surface area contributed by atoms with E-state index in [-0.39, 0.29) is 5.75 Å². The van der Waals surface area contributed by atoms with E-state index in [0.29, 0.717) is 0 Å². The Kier molecular flexibility index (Phi) is 5.11. The lowest BCUT2D eigenvalue weighted by molar-refractivity contribution is -0.124. The summed E-state index contributed by atoms with van der Waals surface area (Å²) in [5, 5.41) is 2.37. The van der Waals surface area contributed by atoms with Gasteiger partial charge in [-0.3, -0.25) is 9.59 Å². The molecule has 1 aromatic carbocycles. The van der Waals surface area contributed by atoms with Crippen LogP contribution in [0.3, 0.4) is 0 Å². The number of nitrogens with one attached hydrogen (secondary N) is 1. The zero-order valence-electron chi connectivity index (χ0n) is 9.01. The van der Waals surface area contributed by atoms with E-state index in [1.165, 1.54) is 0 Å². The van der Waals surface area contributed by atoms with Crippen LogP contribution in [0.2, 0.25) is 0 Å². The minimum Gasteiger partial charge on any atom is -0.368 e. The topological polar surface area (TPSA) is 72.2 Å². The number of hydrogen-bond acceptors (Lipinski definition) is 3. The van der Waals surface area contributed by atoms with E-state index in [1.54, 1.807) is 12.1 Å². The predicted molar refractivity (Wildman–Crippen MR) is 68.3 cm³/mol. The van der Waals surface area contributed by atoms with Crippen LogP contribution in [0.15, 0.2) is 30.3 Å². The number of primary amides is 1. The van der Waals surface area contributed by atoms with Crippen molar-refractivity contribution in [1.29, 1.82) is 0 Å². The molecule has 2 amide bonds. The first kappa shape index (κ1) is 13.1. The van der Waals surface area contributed by atoms with Crippen molar-refractivity contribution in [2.45, 2.75) is 6.04 Å². The summed E-state index contributed by atoms with van der Waals surface area (Å²) in [6, 6.07) is 8.27. The Bertz CT molecular complexity index is 462. The fraction of sp³-hybridized carbons (Fsp3) is 0.167. The van der Waals surface area contributed by atoms with Gasteiger partial charge in [-0.05, 0) is 12.1 Å². The molecule has 0 aliphatic carbocycles. The number of benzene rings is 1. The Labute approximate surface area is 105 Å². The number of rotatable bonds is 3. The van der Waals surface area contributed by atoms with Crippen LogP contribution in [-0.2, 0) is 9.59 Å². The van der Waals surface area contributed by atoms with E-state index in [4.69, 9.17) is 5.73 Å². The first-order valence-electron chi connectivity index (χ1n) is 4.91. The van der Waals surface area contributed by atoms with Crippen molar-refractivity contribution in [3.05, 3.63) is 35.9 Å². The molecule has 0 aliphatic heterocycles. The third-order valence-corrected chi connectivity index (χ3v) is 2.29. The lowest BCUT2D eigenvalue weighted by Gasteiger charge is -2.09. The molecule has 1 aromatic rings. The van der Waals surface area contributed by atoms with E-state index >= 15 is 0 Å². The van der Waals surface area contributed by atoms with Gasteiger partial charge in [-0.1, -0.05) is 24.1 Å². The SMILES string of the molecule is NC(=O)C(CS)NC(=O)C#Cc1ccccc1. The number of carbonyl (C=O) groups is 2. The maximum absolute atomic E-state index is 11.4. The molecular formula is C12H12N2O2S. The van der Waals surface area contributed by atoms with E-state index in [0.717, 1.165) is 5.56 Å². The molecule has 0 saturated heterocycles. The number of nitrogens with two attached hydrogens (primary N) is 1. The highest BCUT2D eigenvalue weighted by Gasteiger charge is 2.14. The summed E-state index contributed by atoms with van der Waals surface area (Å²) >= 11 is 3.90. The Morgan fingerprint density at radius 1 is 1.35 bits per heavy atom. The highest BCUT2D eigenvalue weighted by molar-refractivity contribution is 7.80. The van der Waals surface area contributed by atoms with Gasteiger partial charge in [0.1, 0.15) is 6.04 Å². The average molecular weight is 248 g/mol. The van der Waals surface area contributed by atoms with E-state index in [9.17, 15) is 9.59 Å². The van der Waals surface area contributed by atoms with Crippen molar-refractivity contribution < 1.29 is 9.59 Å². The standard InChI is InChI=1S/C12H12N2O2S/c13-12(16)10(8-17)14-11(15)7-6-9-4-2-1-3-5-9/h1-5,10,17H,8H2,(H2,13,16)(H,14,15). The van der Waals surface area contributed by atoms with Gasteiger partial charge < -0.3 is 11.1 Å². The quantitative estimate of drug-likeness (QED) is 0.518. The van der Waals surface area contributed by atoms with Crippen LogP contribution in [0, 0.1) is 11.8 Å². The Morgan fingerprint density at radius 2 is 2.00 bits per heavy atom. The molecule has 0 spiro atoms. The average Bonchev–Trinajstić information content (AvgIpc) is 2.34. The predicted octanol–water partition coefficient (Wildman–Crippen LogP) is -0.0620. The van der Waals surface area contributed by atoms with Crippen LogP contribution in [0.5, 0.6) is 0 Å². The van der Waals surface area contributed by atoms with Crippen molar-refractivity contribution in [1.82, 2.24) is 5.32 Å². The lowest BCUT2D eigenvalue weighted by atomic mass is 10.2. The van der Waals surface area contributed by atoms with Gasteiger partial charge in [0.05, 0.1) is 0 Å². The largest absolute Gasteiger partial charge is 0.368 e. The molecular weight excluding hydrogens is 236 g/mol. The van der Waals surface area contributed by atoms with Crippen LogP contribution in [0.1, 0.15) is 5.56 Å². The van der Waals surface area contributed by atoms with Crippen LogP contribution in [-0.4, -0.2) is 23.6 Å². The van der Waals surface area contributed by atoms with Gasteiger partial charge in [-0.15, -0.1) is 0 Å². The molecule has 1 unspecified atom stereocenters. The Morgan fingerprint density at radius 3 is 2.53 bits per heavy atom. The highest BCUT2D eigenvalue weighted by Crippen LogP contribution is 1.94. The summed E-state index contributed by atoms with van der Waals surface area (Å²) in [6.45, 7) is 0. The summed E-state index contributed by atoms with van der Waals surface area (Å²) in [6.07, 6.45) is 0. The number of thiol groups is 1. The number of carbonyl (C=O) groups excluding carboxylic acids is 2. The summed E-state index contributed by atoms with van der Waals surface area (Å²) in [5.74, 6) is 4.02. The minimum absolute atomic E-state index is 0.147. The maximum atomic E-state index is 11.4. The van der Waals surface area contributed by atoms with Gasteiger partial charge in [0.25, 0.3) is 5.91 Å². The molecule has 4 nitrogen and oxygen atoms in total. The molecule has 5 heteroatoms. The van der Waals surface area contributed by atoms with Gasteiger partial charge in [0.2, 0.25) is 5.91 Å². The molecule has 0 heterocycles. The molecule has 88 valence electrons. The van der Waals surface area contributed by atoms with Crippen molar-refractivity contribution in [2.75, 3.05) is 5.75 Å². The van der Waals surface area contributed by atoms with Crippen molar-refractivity contribution >= 4 is 24.4 Å². The first-order valence-corrected chi connectivity index (χ1v) is 5.54. The second kappa shape index (κ2) is 6.61. The molecule has 1 atom stereocenters. The van der Waals surface area contributed by atoms with Crippen molar-refractivity contribution in [3.8, 4) is 11.8 Å². The molecule has 17 heavy (non-hydrogen) atoms. The van der Waals surface area contributed by atoms with E-state index in [1.807, 2.05) is 18.2 Å². The maximum Gasteiger partial charge on any atom is 0.296 e.